The number of ether oxygens (including phenoxy) is 2. The number of hydrogen-bond acceptors (Lipinski definition) is 4. The van der Waals surface area contributed by atoms with Crippen molar-refractivity contribution in [3.05, 3.63) is 53.5 Å². The molecule has 1 aliphatic heterocycles. The van der Waals surface area contributed by atoms with Crippen molar-refractivity contribution in [1.82, 2.24) is 9.88 Å². The predicted molar refractivity (Wildman–Crippen MR) is 106 cm³/mol. The molecule has 0 N–H and O–H groups in total. The largest absolute Gasteiger partial charge is 0.493 e. The lowest BCUT2D eigenvalue weighted by molar-refractivity contribution is -0.137. The van der Waals surface area contributed by atoms with E-state index in [-0.39, 0.29) is 35.1 Å². The highest BCUT2D eigenvalue weighted by molar-refractivity contribution is 5.97. The minimum Gasteiger partial charge on any atom is -0.493 e. The number of alkyl halides is 3. The Bertz CT molecular complexity index is 918. The SMILES string of the molecule is CCC(Oc1ccc(C(F)(F)F)cn1)C1CC(C)CN1C(=O)c1cccc(F)c1OC. The Balaban J connectivity index is 1.83. The number of pyridine rings is 1. The molecule has 9 heteroatoms. The van der Waals surface area contributed by atoms with Gasteiger partial charge in [0.25, 0.3) is 5.91 Å². The van der Waals surface area contributed by atoms with Gasteiger partial charge < -0.3 is 14.4 Å². The smallest absolute Gasteiger partial charge is 0.417 e. The van der Waals surface area contributed by atoms with E-state index in [1.165, 1.54) is 31.4 Å². The highest BCUT2D eigenvalue weighted by Gasteiger charge is 2.40. The number of nitrogens with zero attached hydrogens (tertiary/aromatic N) is 2. The summed E-state index contributed by atoms with van der Waals surface area (Å²) in [4.78, 5) is 18.6. The van der Waals surface area contributed by atoms with Crippen molar-refractivity contribution in [2.75, 3.05) is 13.7 Å². The second-order valence-corrected chi connectivity index (χ2v) is 7.63. The van der Waals surface area contributed by atoms with Gasteiger partial charge in [0.2, 0.25) is 5.88 Å². The minimum absolute atomic E-state index is 0.0511. The number of carbonyl (C=O) groups is 1. The van der Waals surface area contributed by atoms with Crippen molar-refractivity contribution < 1.29 is 31.8 Å². The van der Waals surface area contributed by atoms with Gasteiger partial charge in [0, 0.05) is 18.8 Å². The summed E-state index contributed by atoms with van der Waals surface area (Å²) in [6, 6.07) is 5.90. The summed E-state index contributed by atoms with van der Waals surface area (Å²) in [5, 5.41) is 0. The third-order valence-electron chi connectivity index (χ3n) is 5.38. The number of amides is 1. The maximum Gasteiger partial charge on any atom is 0.417 e. The molecule has 2 heterocycles. The van der Waals surface area contributed by atoms with Crippen molar-refractivity contribution >= 4 is 5.91 Å². The number of para-hydroxylation sites is 1. The van der Waals surface area contributed by atoms with Crippen molar-refractivity contribution in [3.8, 4) is 11.6 Å². The lowest BCUT2D eigenvalue weighted by Crippen LogP contribution is -2.45. The van der Waals surface area contributed by atoms with Crippen LogP contribution in [-0.2, 0) is 6.18 Å². The molecule has 0 bridgehead atoms. The molecule has 1 amide bonds. The minimum atomic E-state index is -4.48. The summed E-state index contributed by atoms with van der Waals surface area (Å²) in [7, 11) is 1.30. The van der Waals surface area contributed by atoms with E-state index in [4.69, 9.17) is 9.47 Å². The van der Waals surface area contributed by atoms with Gasteiger partial charge in [-0.05, 0) is 37.0 Å². The quantitative estimate of drug-likeness (QED) is 0.596. The van der Waals surface area contributed by atoms with E-state index in [0.717, 1.165) is 12.3 Å². The van der Waals surface area contributed by atoms with Crippen LogP contribution < -0.4 is 9.47 Å². The van der Waals surface area contributed by atoms with Gasteiger partial charge in [-0.3, -0.25) is 4.79 Å². The fourth-order valence-electron chi connectivity index (χ4n) is 3.92. The molecule has 31 heavy (non-hydrogen) atoms. The van der Waals surface area contributed by atoms with Gasteiger partial charge in [-0.15, -0.1) is 0 Å². The van der Waals surface area contributed by atoms with E-state index in [9.17, 15) is 22.4 Å². The Hall–Kier alpha value is -2.84. The van der Waals surface area contributed by atoms with E-state index < -0.39 is 23.7 Å². The number of aromatic nitrogens is 1. The van der Waals surface area contributed by atoms with Gasteiger partial charge in [0.15, 0.2) is 11.6 Å². The maximum absolute atomic E-state index is 14.1. The molecule has 1 aromatic heterocycles. The molecular formula is C22H24F4N2O3. The number of benzene rings is 1. The predicted octanol–water partition coefficient (Wildman–Crippen LogP) is 4.96. The summed E-state index contributed by atoms with van der Waals surface area (Å²) in [6.07, 6.45) is -3.10. The van der Waals surface area contributed by atoms with Crippen molar-refractivity contribution in [3.63, 3.8) is 0 Å². The fourth-order valence-corrected chi connectivity index (χ4v) is 3.92. The van der Waals surface area contributed by atoms with Crippen molar-refractivity contribution in [1.29, 1.82) is 0 Å². The molecule has 0 radical (unpaired) electrons. The number of methoxy groups -OCH3 is 1. The Morgan fingerprint density at radius 2 is 2.03 bits per heavy atom. The maximum atomic E-state index is 14.1. The molecule has 2 aromatic rings. The van der Waals surface area contributed by atoms with Gasteiger partial charge in [0.1, 0.15) is 6.10 Å². The molecule has 1 fully saturated rings. The average Bonchev–Trinajstić information content (AvgIpc) is 3.12. The van der Waals surface area contributed by atoms with E-state index in [0.29, 0.717) is 19.4 Å². The number of hydrogen-bond donors (Lipinski definition) is 0. The van der Waals surface area contributed by atoms with Crippen LogP contribution in [0, 0.1) is 11.7 Å². The van der Waals surface area contributed by atoms with E-state index in [2.05, 4.69) is 4.98 Å². The van der Waals surface area contributed by atoms with Crippen LogP contribution in [-0.4, -0.2) is 41.6 Å². The summed E-state index contributed by atoms with van der Waals surface area (Å²) in [6.45, 7) is 4.30. The molecule has 0 aliphatic carbocycles. The van der Waals surface area contributed by atoms with Gasteiger partial charge in [-0.1, -0.05) is 19.9 Å². The van der Waals surface area contributed by atoms with E-state index >= 15 is 0 Å². The van der Waals surface area contributed by atoms with Crippen LogP contribution in [0.3, 0.4) is 0 Å². The Labute approximate surface area is 178 Å². The first-order valence-electron chi connectivity index (χ1n) is 9.99. The van der Waals surface area contributed by atoms with Gasteiger partial charge in [0.05, 0.1) is 24.3 Å². The zero-order valence-electron chi connectivity index (χ0n) is 17.4. The number of halogens is 4. The van der Waals surface area contributed by atoms with Crippen LogP contribution in [0.5, 0.6) is 11.6 Å². The first kappa shape index (κ1) is 22.8. The molecule has 1 aromatic carbocycles. The molecule has 3 atom stereocenters. The van der Waals surface area contributed by atoms with Gasteiger partial charge in [-0.2, -0.15) is 13.2 Å². The normalized spacial score (nSPS) is 19.9. The van der Waals surface area contributed by atoms with Crippen LogP contribution in [0.25, 0.3) is 0 Å². The van der Waals surface area contributed by atoms with Crippen LogP contribution in [0.4, 0.5) is 17.6 Å². The highest BCUT2D eigenvalue weighted by atomic mass is 19.4. The Kier molecular flexibility index (Phi) is 6.71. The monoisotopic (exact) mass is 440 g/mol. The van der Waals surface area contributed by atoms with Gasteiger partial charge in [-0.25, -0.2) is 9.37 Å². The number of rotatable bonds is 6. The molecule has 3 rings (SSSR count). The lowest BCUT2D eigenvalue weighted by atomic mass is 10.0. The summed E-state index contributed by atoms with van der Waals surface area (Å²) in [5.41, 5.74) is -0.749. The van der Waals surface area contributed by atoms with E-state index in [1.54, 1.807) is 4.90 Å². The summed E-state index contributed by atoms with van der Waals surface area (Å²) in [5.74, 6) is -0.909. The Morgan fingerprint density at radius 1 is 1.29 bits per heavy atom. The van der Waals surface area contributed by atoms with Crippen molar-refractivity contribution in [2.24, 2.45) is 5.92 Å². The molecular weight excluding hydrogens is 416 g/mol. The third-order valence-corrected chi connectivity index (χ3v) is 5.38. The zero-order chi connectivity index (χ0) is 22.8. The molecule has 0 spiro atoms. The molecule has 5 nitrogen and oxygen atoms in total. The van der Waals surface area contributed by atoms with Gasteiger partial charge >= 0.3 is 6.18 Å². The molecule has 3 unspecified atom stereocenters. The molecule has 168 valence electrons. The first-order valence-corrected chi connectivity index (χ1v) is 9.99. The van der Waals surface area contributed by atoms with Crippen LogP contribution in [0.1, 0.15) is 42.6 Å². The number of carbonyl (C=O) groups excluding carboxylic acids is 1. The van der Waals surface area contributed by atoms with Crippen LogP contribution in [0.2, 0.25) is 0 Å². The van der Waals surface area contributed by atoms with E-state index in [1.807, 2.05) is 13.8 Å². The topological polar surface area (TPSA) is 51.7 Å². The lowest BCUT2D eigenvalue weighted by Gasteiger charge is -2.31. The van der Waals surface area contributed by atoms with Crippen LogP contribution in [0.15, 0.2) is 36.5 Å². The Morgan fingerprint density at radius 3 is 2.61 bits per heavy atom. The third kappa shape index (κ3) is 4.91. The average molecular weight is 440 g/mol. The molecule has 0 saturated carbocycles. The fraction of sp³-hybridized carbons (Fsp3) is 0.455. The first-order chi connectivity index (χ1) is 14.7. The summed E-state index contributed by atoms with van der Waals surface area (Å²) >= 11 is 0. The second-order valence-electron chi connectivity index (χ2n) is 7.63. The van der Waals surface area contributed by atoms with Crippen molar-refractivity contribution in [2.45, 2.75) is 45.0 Å². The molecule has 1 saturated heterocycles. The zero-order valence-corrected chi connectivity index (χ0v) is 17.4. The molecule has 1 aliphatic rings. The second kappa shape index (κ2) is 9.11. The highest BCUT2D eigenvalue weighted by Crippen LogP contribution is 2.33. The number of likely N-dealkylation sites (tertiary alicyclic amines) is 1. The standard InChI is InChI=1S/C22H24F4N2O3/c1-4-18(31-19-9-8-14(11-27-19)22(24,25)26)17-10-13(2)12-28(17)21(29)15-6-5-7-16(23)20(15)30-3/h5-9,11,13,17-18H,4,10,12H2,1-3H3. The van der Waals surface area contributed by atoms with Crippen LogP contribution >= 0.6 is 0 Å². The summed E-state index contributed by atoms with van der Waals surface area (Å²) < 4.78 is 63.4.